The Morgan fingerprint density at radius 2 is 1.34 bits per heavy atom. The number of benzene rings is 2. The van der Waals surface area contributed by atoms with Crippen LogP contribution >= 0.6 is 0 Å². The molecule has 2 aromatic carbocycles. The molecule has 0 spiro atoms. The highest BCUT2D eigenvalue weighted by Crippen LogP contribution is 2.40. The lowest BCUT2D eigenvalue weighted by molar-refractivity contribution is -0.122. The quantitative estimate of drug-likeness (QED) is 0.669. The van der Waals surface area contributed by atoms with Crippen LogP contribution in [0.1, 0.15) is 27.2 Å². The maximum atomic E-state index is 12.5. The monoisotopic (exact) mass is 395 g/mol. The van der Waals surface area contributed by atoms with Gasteiger partial charge in [0.15, 0.2) is 0 Å². The van der Waals surface area contributed by atoms with Crippen molar-refractivity contribution in [1.29, 1.82) is 0 Å². The molecule has 1 aliphatic rings. The highest BCUT2D eigenvalue weighted by atomic mass is 16.5. The Hall–Kier alpha value is -3.02. The number of nitrogens with zero attached hydrogens (tertiary/aromatic N) is 1. The molecule has 1 saturated carbocycles. The lowest BCUT2D eigenvalue weighted by atomic mass is 10.2. The van der Waals surface area contributed by atoms with Crippen molar-refractivity contribution in [3.63, 3.8) is 0 Å². The van der Waals surface area contributed by atoms with Gasteiger partial charge in [-0.1, -0.05) is 0 Å². The minimum atomic E-state index is -0.281. The molecule has 1 aliphatic carbocycles. The summed E-state index contributed by atoms with van der Waals surface area (Å²) in [5.41, 5.74) is 2.59. The van der Waals surface area contributed by atoms with Crippen LogP contribution in [0.4, 0.5) is 17.1 Å². The number of anilines is 3. The van der Waals surface area contributed by atoms with Crippen LogP contribution in [0.5, 0.6) is 5.75 Å². The number of hydrogen-bond donors (Lipinski definition) is 2. The third kappa shape index (κ3) is 5.28. The average molecular weight is 396 g/mol. The van der Waals surface area contributed by atoms with E-state index in [4.69, 9.17) is 4.74 Å². The summed E-state index contributed by atoms with van der Waals surface area (Å²) in [7, 11) is 0. The number of amides is 2. The topological polar surface area (TPSA) is 70.7 Å². The van der Waals surface area contributed by atoms with Gasteiger partial charge in [-0.3, -0.25) is 9.59 Å². The molecule has 154 valence electrons. The third-order valence-corrected chi connectivity index (χ3v) is 5.16. The van der Waals surface area contributed by atoms with Crippen LogP contribution in [0.2, 0.25) is 0 Å². The van der Waals surface area contributed by atoms with Gasteiger partial charge >= 0.3 is 0 Å². The number of ether oxygens (including phenoxy) is 1. The molecule has 2 atom stereocenters. The van der Waals surface area contributed by atoms with E-state index >= 15 is 0 Å². The van der Waals surface area contributed by atoms with E-state index in [-0.39, 0.29) is 23.7 Å². The predicted molar refractivity (Wildman–Crippen MR) is 116 cm³/mol. The first-order chi connectivity index (χ1) is 14.0. The van der Waals surface area contributed by atoms with E-state index in [1.54, 1.807) is 12.1 Å². The second-order valence-corrected chi connectivity index (χ2v) is 7.10. The van der Waals surface area contributed by atoms with Crippen molar-refractivity contribution in [3.8, 4) is 5.75 Å². The molecule has 1 fully saturated rings. The van der Waals surface area contributed by atoms with E-state index < -0.39 is 0 Å². The molecule has 2 aromatic rings. The molecule has 0 aromatic heterocycles. The summed E-state index contributed by atoms with van der Waals surface area (Å²) in [6.45, 7) is 8.64. The molecule has 0 aliphatic heterocycles. The van der Waals surface area contributed by atoms with Crippen molar-refractivity contribution in [2.45, 2.75) is 27.2 Å². The Bertz CT molecular complexity index is 829. The first-order valence-electron chi connectivity index (χ1n) is 10.2. The third-order valence-electron chi connectivity index (χ3n) is 5.16. The van der Waals surface area contributed by atoms with Gasteiger partial charge in [0.05, 0.1) is 18.4 Å². The van der Waals surface area contributed by atoms with Gasteiger partial charge in [-0.15, -0.1) is 0 Å². The second-order valence-electron chi connectivity index (χ2n) is 7.10. The van der Waals surface area contributed by atoms with Gasteiger partial charge in [-0.05, 0) is 75.7 Å². The minimum Gasteiger partial charge on any atom is -0.494 e. The Morgan fingerprint density at radius 3 is 1.79 bits per heavy atom. The van der Waals surface area contributed by atoms with Crippen molar-refractivity contribution < 1.29 is 14.3 Å². The number of carbonyl (C=O) groups excluding carboxylic acids is 2. The van der Waals surface area contributed by atoms with Crippen LogP contribution in [0.3, 0.4) is 0 Å². The maximum Gasteiger partial charge on any atom is 0.228 e. The largest absolute Gasteiger partial charge is 0.494 e. The van der Waals surface area contributed by atoms with Gasteiger partial charge < -0.3 is 20.3 Å². The van der Waals surface area contributed by atoms with Crippen molar-refractivity contribution in [3.05, 3.63) is 48.5 Å². The maximum absolute atomic E-state index is 12.5. The van der Waals surface area contributed by atoms with Crippen molar-refractivity contribution in [2.75, 3.05) is 35.2 Å². The number of carbonyl (C=O) groups is 2. The van der Waals surface area contributed by atoms with Crippen molar-refractivity contribution in [1.82, 2.24) is 0 Å². The Morgan fingerprint density at radius 1 is 0.862 bits per heavy atom. The summed E-state index contributed by atoms with van der Waals surface area (Å²) in [5, 5.41) is 5.80. The standard InChI is InChI=1S/C23H29N3O3/c1-4-26(5-2)18-11-7-16(8-12-18)24-22(27)20-15-21(20)23(28)25-17-9-13-19(14-10-17)29-6-3/h7-14,20-21H,4-6,15H2,1-3H3,(H,24,27)(H,25,28). The molecule has 6 nitrogen and oxygen atoms in total. The van der Waals surface area contributed by atoms with E-state index in [2.05, 4.69) is 29.4 Å². The zero-order valence-electron chi connectivity index (χ0n) is 17.3. The summed E-state index contributed by atoms with van der Waals surface area (Å²) < 4.78 is 5.40. The summed E-state index contributed by atoms with van der Waals surface area (Å²) in [5.74, 6) is -0.0171. The lowest BCUT2D eigenvalue weighted by Gasteiger charge is -2.21. The van der Waals surface area contributed by atoms with Gasteiger partial charge in [0.25, 0.3) is 0 Å². The first-order valence-corrected chi connectivity index (χ1v) is 10.2. The lowest BCUT2D eigenvalue weighted by Crippen LogP contribution is -2.22. The highest BCUT2D eigenvalue weighted by Gasteiger charge is 2.48. The molecule has 2 amide bonds. The van der Waals surface area contributed by atoms with E-state index in [0.29, 0.717) is 18.7 Å². The van der Waals surface area contributed by atoms with Gasteiger partial charge in [0.1, 0.15) is 5.75 Å². The molecular weight excluding hydrogens is 366 g/mol. The predicted octanol–water partition coefficient (Wildman–Crippen LogP) is 4.14. The van der Waals surface area contributed by atoms with E-state index in [0.717, 1.165) is 30.2 Å². The van der Waals surface area contributed by atoms with Crippen LogP contribution in [0.15, 0.2) is 48.5 Å². The Labute approximate surface area is 172 Å². The zero-order chi connectivity index (χ0) is 20.8. The molecule has 0 saturated heterocycles. The highest BCUT2D eigenvalue weighted by molar-refractivity contribution is 6.03. The Balaban J connectivity index is 1.50. The van der Waals surface area contributed by atoms with E-state index in [1.165, 1.54) is 0 Å². The van der Waals surface area contributed by atoms with Crippen LogP contribution in [-0.4, -0.2) is 31.5 Å². The summed E-state index contributed by atoms with van der Waals surface area (Å²) in [6.07, 6.45) is 0.576. The summed E-state index contributed by atoms with van der Waals surface area (Å²) in [6, 6.07) is 15.1. The Kier molecular flexibility index (Phi) is 6.75. The fraction of sp³-hybridized carbons (Fsp3) is 0.391. The van der Waals surface area contributed by atoms with Gasteiger partial charge in [-0.2, -0.15) is 0 Å². The van der Waals surface area contributed by atoms with Gasteiger partial charge in [-0.25, -0.2) is 0 Å². The second kappa shape index (κ2) is 9.45. The average Bonchev–Trinajstić information content (AvgIpc) is 3.53. The number of nitrogens with one attached hydrogen (secondary N) is 2. The van der Waals surface area contributed by atoms with E-state index in [9.17, 15) is 9.59 Å². The smallest absolute Gasteiger partial charge is 0.228 e. The van der Waals surface area contributed by atoms with Gasteiger partial charge in [0, 0.05) is 30.2 Å². The molecular formula is C23H29N3O3. The molecule has 2 unspecified atom stereocenters. The molecule has 29 heavy (non-hydrogen) atoms. The van der Waals surface area contributed by atoms with Crippen molar-refractivity contribution in [2.24, 2.45) is 11.8 Å². The van der Waals surface area contributed by atoms with Crippen LogP contribution in [-0.2, 0) is 9.59 Å². The van der Waals surface area contributed by atoms with Crippen molar-refractivity contribution >= 4 is 28.9 Å². The molecule has 3 rings (SSSR count). The number of rotatable bonds is 9. The summed E-state index contributed by atoms with van der Waals surface area (Å²) in [4.78, 5) is 27.1. The first kappa shape index (κ1) is 20.7. The van der Waals surface area contributed by atoms with Gasteiger partial charge in [0.2, 0.25) is 11.8 Å². The molecule has 0 heterocycles. The SMILES string of the molecule is CCOc1ccc(NC(=O)C2CC2C(=O)Nc2ccc(N(CC)CC)cc2)cc1. The van der Waals surface area contributed by atoms with E-state index in [1.807, 2.05) is 43.3 Å². The number of hydrogen-bond acceptors (Lipinski definition) is 4. The zero-order valence-corrected chi connectivity index (χ0v) is 17.3. The summed E-state index contributed by atoms with van der Waals surface area (Å²) >= 11 is 0. The molecule has 0 radical (unpaired) electrons. The van der Waals surface area contributed by atoms with Crippen LogP contribution in [0, 0.1) is 11.8 Å². The minimum absolute atomic E-state index is 0.104. The van der Waals surface area contributed by atoms with Crippen LogP contribution < -0.4 is 20.3 Å². The normalized spacial score (nSPS) is 17.3. The molecule has 0 bridgehead atoms. The molecule has 6 heteroatoms. The molecule has 2 N–H and O–H groups in total. The fourth-order valence-electron chi connectivity index (χ4n) is 3.39. The van der Waals surface area contributed by atoms with Crippen LogP contribution in [0.25, 0.3) is 0 Å². The fourth-order valence-corrected chi connectivity index (χ4v) is 3.39.